The van der Waals surface area contributed by atoms with Gasteiger partial charge >= 0.3 is 0 Å². The van der Waals surface area contributed by atoms with E-state index >= 15 is 0 Å². The Morgan fingerprint density at radius 3 is 2.66 bits per heavy atom. The topological polar surface area (TPSA) is 108 Å². The van der Waals surface area contributed by atoms with Crippen molar-refractivity contribution in [3.63, 3.8) is 0 Å². The average Bonchev–Trinajstić information content (AvgIpc) is 2.77. The van der Waals surface area contributed by atoms with Gasteiger partial charge in [-0.1, -0.05) is 33.6 Å². The van der Waals surface area contributed by atoms with E-state index in [1.807, 2.05) is 17.0 Å². The van der Waals surface area contributed by atoms with E-state index in [0.29, 0.717) is 53.3 Å². The predicted molar refractivity (Wildman–Crippen MR) is 132 cm³/mol. The van der Waals surface area contributed by atoms with E-state index in [9.17, 15) is 5.11 Å². The van der Waals surface area contributed by atoms with E-state index in [0.717, 1.165) is 10.2 Å². The third-order valence-electron chi connectivity index (χ3n) is 4.42. The van der Waals surface area contributed by atoms with E-state index in [1.165, 1.54) is 6.21 Å². The summed E-state index contributed by atoms with van der Waals surface area (Å²) in [6.07, 6.45) is 1.48. The summed E-state index contributed by atoms with van der Waals surface area (Å²) in [7, 11) is 0. The predicted octanol–water partition coefficient (Wildman–Crippen LogP) is 4.78. The van der Waals surface area contributed by atoms with Crippen molar-refractivity contribution in [3.8, 4) is 5.75 Å². The number of phenols is 1. The van der Waals surface area contributed by atoms with Gasteiger partial charge in [-0.25, -0.2) is 5.43 Å². The first-order chi connectivity index (χ1) is 15.5. The van der Waals surface area contributed by atoms with Crippen LogP contribution in [0, 0.1) is 0 Å². The number of ether oxygens (including phenoxy) is 1. The number of halogens is 3. The molecule has 3 aromatic rings. The van der Waals surface area contributed by atoms with Gasteiger partial charge in [0.2, 0.25) is 17.8 Å². The summed E-state index contributed by atoms with van der Waals surface area (Å²) in [5.74, 6) is 1.16. The minimum atomic E-state index is 0.0757. The Morgan fingerprint density at radius 2 is 1.88 bits per heavy atom. The van der Waals surface area contributed by atoms with Crippen molar-refractivity contribution in [2.45, 2.75) is 0 Å². The zero-order valence-electron chi connectivity index (χ0n) is 16.6. The molecule has 0 spiro atoms. The van der Waals surface area contributed by atoms with Crippen LogP contribution in [0.4, 0.5) is 23.5 Å². The molecule has 0 unspecified atom stereocenters. The second kappa shape index (κ2) is 10.4. The van der Waals surface area contributed by atoms with Crippen LogP contribution in [-0.2, 0) is 4.74 Å². The number of morpholine rings is 1. The Kier molecular flexibility index (Phi) is 7.40. The second-order valence-corrected chi connectivity index (χ2v) is 8.92. The molecule has 2 heterocycles. The lowest BCUT2D eigenvalue weighted by atomic mass is 10.2. The van der Waals surface area contributed by atoms with Crippen LogP contribution in [0.25, 0.3) is 0 Å². The number of hydrogen-bond donors (Lipinski definition) is 3. The molecule has 32 heavy (non-hydrogen) atoms. The van der Waals surface area contributed by atoms with Gasteiger partial charge in [0.1, 0.15) is 5.75 Å². The van der Waals surface area contributed by atoms with Crippen LogP contribution in [0.15, 0.2) is 50.4 Å². The number of anilines is 4. The Bertz CT molecular complexity index is 1140. The molecule has 0 radical (unpaired) electrons. The Labute approximate surface area is 206 Å². The standard InChI is InChI=1S/C20H18Br2ClN7O2/c21-13-8-12(17(31)16(22)9-13)11-24-29-19-26-18(25-15-3-1-2-14(23)10-15)27-20(28-19)30-4-6-32-7-5-30/h1-3,8-11,31H,4-7H2,(H2,25,26,27,28,29)/b24-11+. The highest BCUT2D eigenvalue weighted by atomic mass is 79.9. The molecule has 1 fully saturated rings. The lowest BCUT2D eigenvalue weighted by molar-refractivity contribution is 0.122. The molecule has 0 saturated carbocycles. The molecule has 12 heteroatoms. The van der Waals surface area contributed by atoms with Gasteiger partial charge in [0.05, 0.1) is 23.9 Å². The number of aromatic nitrogens is 3. The summed E-state index contributed by atoms with van der Waals surface area (Å²) < 4.78 is 6.77. The minimum absolute atomic E-state index is 0.0757. The molecule has 1 aromatic heterocycles. The first-order valence-electron chi connectivity index (χ1n) is 9.56. The van der Waals surface area contributed by atoms with Crippen LogP contribution in [-0.4, -0.2) is 52.6 Å². The molecule has 9 nitrogen and oxygen atoms in total. The van der Waals surface area contributed by atoms with Crippen LogP contribution in [0.1, 0.15) is 5.56 Å². The highest BCUT2D eigenvalue weighted by Gasteiger charge is 2.17. The summed E-state index contributed by atoms with van der Waals surface area (Å²) in [6.45, 7) is 2.54. The highest BCUT2D eigenvalue weighted by molar-refractivity contribution is 9.11. The van der Waals surface area contributed by atoms with Gasteiger partial charge in [0.25, 0.3) is 0 Å². The van der Waals surface area contributed by atoms with Crippen molar-refractivity contribution >= 4 is 73.2 Å². The van der Waals surface area contributed by atoms with E-state index in [4.69, 9.17) is 16.3 Å². The number of benzene rings is 2. The second-order valence-electron chi connectivity index (χ2n) is 6.71. The molecule has 0 atom stereocenters. The van der Waals surface area contributed by atoms with Crippen molar-refractivity contribution in [1.29, 1.82) is 0 Å². The molecule has 0 aliphatic carbocycles. The van der Waals surface area contributed by atoms with Crippen molar-refractivity contribution in [3.05, 3.63) is 55.9 Å². The number of hydrogen-bond acceptors (Lipinski definition) is 9. The molecule has 3 N–H and O–H groups in total. The monoisotopic (exact) mass is 581 g/mol. The number of phenolic OH excluding ortho intramolecular Hbond substituents is 1. The van der Waals surface area contributed by atoms with E-state index in [2.05, 4.69) is 62.7 Å². The van der Waals surface area contributed by atoms with Crippen molar-refractivity contribution in [2.24, 2.45) is 5.10 Å². The fourth-order valence-corrected chi connectivity index (χ4v) is 4.36. The summed E-state index contributed by atoms with van der Waals surface area (Å²) in [5.41, 5.74) is 4.08. The normalized spacial score (nSPS) is 14.0. The van der Waals surface area contributed by atoms with Crippen molar-refractivity contribution < 1.29 is 9.84 Å². The van der Waals surface area contributed by atoms with Gasteiger partial charge in [-0.3, -0.25) is 0 Å². The molecule has 2 aromatic carbocycles. The molecular weight excluding hydrogens is 566 g/mol. The molecule has 0 bridgehead atoms. The average molecular weight is 584 g/mol. The largest absolute Gasteiger partial charge is 0.506 e. The quantitative estimate of drug-likeness (QED) is 0.281. The number of rotatable bonds is 6. The molecular formula is C20H18Br2ClN7O2. The van der Waals surface area contributed by atoms with Gasteiger partial charge in [0, 0.05) is 33.8 Å². The first kappa shape index (κ1) is 22.7. The first-order valence-corrected chi connectivity index (χ1v) is 11.5. The summed E-state index contributed by atoms with van der Waals surface area (Å²) in [6, 6.07) is 10.7. The van der Waals surface area contributed by atoms with E-state index in [-0.39, 0.29) is 11.7 Å². The molecule has 4 rings (SSSR count). The maximum Gasteiger partial charge on any atom is 0.250 e. The third kappa shape index (κ3) is 5.85. The van der Waals surface area contributed by atoms with Crippen LogP contribution in [0.3, 0.4) is 0 Å². The van der Waals surface area contributed by atoms with Gasteiger partial charge in [-0.15, -0.1) is 0 Å². The lowest BCUT2D eigenvalue weighted by Crippen LogP contribution is -2.37. The zero-order chi connectivity index (χ0) is 22.5. The number of nitrogens with zero attached hydrogens (tertiary/aromatic N) is 5. The fourth-order valence-electron chi connectivity index (χ4n) is 2.91. The highest BCUT2D eigenvalue weighted by Crippen LogP contribution is 2.30. The Hall–Kier alpha value is -2.47. The summed E-state index contributed by atoms with van der Waals surface area (Å²) >= 11 is 12.8. The van der Waals surface area contributed by atoms with Crippen molar-refractivity contribution in [1.82, 2.24) is 15.0 Å². The fraction of sp³-hybridized carbons (Fsp3) is 0.200. The molecule has 1 saturated heterocycles. The summed E-state index contributed by atoms with van der Waals surface area (Å²) in [5, 5.41) is 18.1. The van der Waals surface area contributed by atoms with Crippen LogP contribution in [0.2, 0.25) is 5.02 Å². The van der Waals surface area contributed by atoms with Gasteiger partial charge < -0.3 is 20.1 Å². The van der Waals surface area contributed by atoms with Crippen LogP contribution >= 0.6 is 43.5 Å². The lowest BCUT2D eigenvalue weighted by Gasteiger charge is -2.27. The number of nitrogens with one attached hydrogen (secondary N) is 2. The smallest absolute Gasteiger partial charge is 0.250 e. The van der Waals surface area contributed by atoms with E-state index < -0.39 is 0 Å². The molecule has 0 amide bonds. The molecule has 1 aliphatic heterocycles. The molecule has 166 valence electrons. The SMILES string of the molecule is Oc1c(Br)cc(Br)cc1/C=N/Nc1nc(Nc2cccc(Cl)c2)nc(N2CCOCC2)n1. The van der Waals surface area contributed by atoms with Crippen LogP contribution in [0.5, 0.6) is 5.75 Å². The zero-order valence-corrected chi connectivity index (χ0v) is 20.5. The Morgan fingerprint density at radius 1 is 1.09 bits per heavy atom. The van der Waals surface area contributed by atoms with Gasteiger partial charge in [-0.2, -0.15) is 20.1 Å². The number of hydrazone groups is 1. The molecule has 1 aliphatic rings. The maximum absolute atomic E-state index is 10.2. The minimum Gasteiger partial charge on any atom is -0.506 e. The Balaban J connectivity index is 1.60. The number of aromatic hydroxyl groups is 1. The van der Waals surface area contributed by atoms with Crippen molar-refractivity contribution in [2.75, 3.05) is 41.9 Å². The third-order valence-corrected chi connectivity index (χ3v) is 5.72. The van der Waals surface area contributed by atoms with Gasteiger partial charge in [-0.05, 0) is 46.3 Å². The van der Waals surface area contributed by atoms with Crippen LogP contribution < -0.4 is 15.6 Å². The van der Waals surface area contributed by atoms with E-state index in [1.54, 1.807) is 24.3 Å². The van der Waals surface area contributed by atoms with Gasteiger partial charge in [0.15, 0.2) is 0 Å². The summed E-state index contributed by atoms with van der Waals surface area (Å²) in [4.78, 5) is 15.4. The maximum atomic E-state index is 10.2.